The van der Waals surface area contributed by atoms with Crippen molar-refractivity contribution >= 4 is 11.9 Å². The zero-order chi connectivity index (χ0) is 13.7. The second kappa shape index (κ2) is 6.14. The number of nitrogens with zero attached hydrogens (tertiary/aromatic N) is 1. The molecule has 19 heavy (non-hydrogen) atoms. The number of aryl methyl sites for hydroxylation is 1. The molecular formula is C16H17FN2. The molecule has 1 aromatic carbocycles. The smallest absolute Gasteiger partial charge is 0.127 e. The highest BCUT2D eigenvalue weighted by atomic mass is 19.1. The van der Waals surface area contributed by atoms with E-state index in [9.17, 15) is 4.39 Å². The highest BCUT2D eigenvalue weighted by molar-refractivity contribution is 5.54. The number of pyridine rings is 1. The van der Waals surface area contributed by atoms with Crippen molar-refractivity contribution in [2.75, 3.05) is 5.32 Å². The highest BCUT2D eigenvalue weighted by Crippen LogP contribution is 2.13. The molecule has 0 radical (unpaired) electrons. The molecule has 0 saturated heterocycles. The van der Waals surface area contributed by atoms with Crippen LogP contribution in [0.25, 0.3) is 6.08 Å². The van der Waals surface area contributed by atoms with Gasteiger partial charge in [-0.2, -0.15) is 0 Å². The fourth-order valence-electron chi connectivity index (χ4n) is 1.87. The standard InChI is InChI=1S/C16H17FN2/c1-3-4-14-9-12(2)19-16(10-14)18-11-13-5-7-15(17)8-6-13/h3-10H,11H2,1-2H3,(H,18,19)/b4-3+. The van der Waals surface area contributed by atoms with E-state index in [1.807, 2.05) is 38.1 Å². The topological polar surface area (TPSA) is 24.9 Å². The molecule has 2 nitrogen and oxygen atoms in total. The summed E-state index contributed by atoms with van der Waals surface area (Å²) in [5, 5.41) is 3.25. The maximum absolute atomic E-state index is 12.8. The van der Waals surface area contributed by atoms with Crippen LogP contribution in [0.3, 0.4) is 0 Å². The lowest BCUT2D eigenvalue weighted by atomic mass is 10.2. The lowest BCUT2D eigenvalue weighted by Crippen LogP contribution is -2.02. The lowest BCUT2D eigenvalue weighted by molar-refractivity contribution is 0.627. The number of hydrogen-bond acceptors (Lipinski definition) is 2. The van der Waals surface area contributed by atoms with E-state index in [-0.39, 0.29) is 5.82 Å². The van der Waals surface area contributed by atoms with E-state index in [1.165, 1.54) is 12.1 Å². The number of allylic oxidation sites excluding steroid dienone is 1. The molecule has 0 aliphatic rings. The number of aromatic nitrogens is 1. The van der Waals surface area contributed by atoms with E-state index in [1.54, 1.807) is 12.1 Å². The molecule has 98 valence electrons. The fourth-order valence-corrected chi connectivity index (χ4v) is 1.87. The molecule has 1 heterocycles. The normalized spacial score (nSPS) is 10.9. The van der Waals surface area contributed by atoms with Crippen molar-refractivity contribution in [3.05, 3.63) is 65.1 Å². The summed E-state index contributed by atoms with van der Waals surface area (Å²) in [6.45, 7) is 4.59. The largest absolute Gasteiger partial charge is 0.366 e. The number of nitrogens with one attached hydrogen (secondary N) is 1. The summed E-state index contributed by atoms with van der Waals surface area (Å²) in [7, 11) is 0. The molecule has 0 aliphatic heterocycles. The van der Waals surface area contributed by atoms with E-state index in [0.717, 1.165) is 22.6 Å². The van der Waals surface area contributed by atoms with Crippen LogP contribution < -0.4 is 5.32 Å². The van der Waals surface area contributed by atoms with Gasteiger partial charge in [0.05, 0.1) is 0 Å². The van der Waals surface area contributed by atoms with E-state index in [2.05, 4.69) is 10.3 Å². The Labute approximate surface area is 113 Å². The van der Waals surface area contributed by atoms with Crippen molar-refractivity contribution in [3.8, 4) is 0 Å². The fraction of sp³-hybridized carbons (Fsp3) is 0.188. The molecule has 0 bridgehead atoms. The molecule has 2 aromatic rings. The van der Waals surface area contributed by atoms with Crippen LogP contribution in [0.5, 0.6) is 0 Å². The van der Waals surface area contributed by atoms with E-state index < -0.39 is 0 Å². The van der Waals surface area contributed by atoms with Crippen molar-refractivity contribution in [1.82, 2.24) is 4.98 Å². The Bertz CT molecular complexity index is 574. The van der Waals surface area contributed by atoms with Gasteiger partial charge in [-0.05, 0) is 49.2 Å². The second-order valence-electron chi connectivity index (χ2n) is 4.41. The molecule has 1 N–H and O–H groups in total. The van der Waals surface area contributed by atoms with Gasteiger partial charge in [-0.1, -0.05) is 24.3 Å². The van der Waals surface area contributed by atoms with Gasteiger partial charge in [0.25, 0.3) is 0 Å². The summed E-state index contributed by atoms with van der Waals surface area (Å²) in [6, 6.07) is 10.5. The van der Waals surface area contributed by atoms with Crippen molar-refractivity contribution in [3.63, 3.8) is 0 Å². The summed E-state index contributed by atoms with van der Waals surface area (Å²) < 4.78 is 12.8. The summed E-state index contributed by atoms with van der Waals surface area (Å²) in [4.78, 5) is 4.43. The van der Waals surface area contributed by atoms with Gasteiger partial charge in [-0.3, -0.25) is 0 Å². The van der Waals surface area contributed by atoms with Crippen molar-refractivity contribution in [2.24, 2.45) is 0 Å². The molecule has 0 fully saturated rings. The van der Waals surface area contributed by atoms with Gasteiger partial charge in [-0.25, -0.2) is 9.37 Å². The first kappa shape index (κ1) is 13.3. The van der Waals surface area contributed by atoms with Crippen LogP contribution in [-0.2, 0) is 6.54 Å². The Hall–Kier alpha value is -2.16. The predicted molar refractivity (Wildman–Crippen MR) is 77.4 cm³/mol. The van der Waals surface area contributed by atoms with Gasteiger partial charge in [0.15, 0.2) is 0 Å². The summed E-state index contributed by atoms with van der Waals surface area (Å²) in [5.41, 5.74) is 3.12. The minimum atomic E-state index is -0.215. The third kappa shape index (κ3) is 3.91. The first-order valence-corrected chi connectivity index (χ1v) is 6.27. The van der Waals surface area contributed by atoms with Crippen LogP contribution in [0.15, 0.2) is 42.5 Å². The monoisotopic (exact) mass is 256 g/mol. The second-order valence-corrected chi connectivity index (χ2v) is 4.41. The molecule has 0 saturated carbocycles. The Kier molecular flexibility index (Phi) is 4.29. The van der Waals surface area contributed by atoms with Gasteiger partial charge in [0.1, 0.15) is 11.6 Å². The van der Waals surface area contributed by atoms with Crippen LogP contribution in [0.2, 0.25) is 0 Å². The molecule has 3 heteroatoms. The Morgan fingerprint density at radius 2 is 1.95 bits per heavy atom. The first-order chi connectivity index (χ1) is 9.17. The van der Waals surface area contributed by atoms with Crippen LogP contribution in [0, 0.1) is 12.7 Å². The van der Waals surface area contributed by atoms with Gasteiger partial charge < -0.3 is 5.32 Å². The molecule has 0 unspecified atom stereocenters. The predicted octanol–water partition coefficient (Wildman–Crippen LogP) is 4.17. The Morgan fingerprint density at radius 1 is 1.21 bits per heavy atom. The number of halogens is 1. The number of hydrogen-bond donors (Lipinski definition) is 1. The van der Waals surface area contributed by atoms with Crippen molar-refractivity contribution in [2.45, 2.75) is 20.4 Å². The quantitative estimate of drug-likeness (QED) is 0.887. The van der Waals surface area contributed by atoms with Crippen LogP contribution in [0.1, 0.15) is 23.7 Å². The minimum absolute atomic E-state index is 0.215. The number of anilines is 1. The molecule has 0 spiro atoms. The minimum Gasteiger partial charge on any atom is -0.366 e. The number of benzene rings is 1. The Balaban J connectivity index is 2.08. The van der Waals surface area contributed by atoms with Gasteiger partial charge in [0, 0.05) is 12.2 Å². The third-order valence-electron chi connectivity index (χ3n) is 2.72. The lowest BCUT2D eigenvalue weighted by Gasteiger charge is -2.08. The molecule has 2 rings (SSSR count). The molecule has 0 aliphatic carbocycles. The van der Waals surface area contributed by atoms with Gasteiger partial charge >= 0.3 is 0 Å². The third-order valence-corrected chi connectivity index (χ3v) is 2.72. The number of rotatable bonds is 4. The van der Waals surface area contributed by atoms with Crippen LogP contribution >= 0.6 is 0 Å². The molecule has 0 atom stereocenters. The zero-order valence-electron chi connectivity index (χ0n) is 11.2. The van der Waals surface area contributed by atoms with E-state index in [4.69, 9.17) is 0 Å². The van der Waals surface area contributed by atoms with E-state index >= 15 is 0 Å². The maximum Gasteiger partial charge on any atom is 0.127 e. The molecule has 1 aromatic heterocycles. The highest BCUT2D eigenvalue weighted by Gasteiger charge is 1.99. The molecular weight excluding hydrogens is 239 g/mol. The summed E-state index contributed by atoms with van der Waals surface area (Å²) >= 11 is 0. The maximum atomic E-state index is 12.8. The van der Waals surface area contributed by atoms with Gasteiger partial charge in [-0.15, -0.1) is 0 Å². The molecule has 0 amide bonds. The first-order valence-electron chi connectivity index (χ1n) is 6.27. The van der Waals surface area contributed by atoms with E-state index in [0.29, 0.717) is 6.54 Å². The average molecular weight is 256 g/mol. The zero-order valence-corrected chi connectivity index (χ0v) is 11.2. The summed E-state index contributed by atoms with van der Waals surface area (Å²) in [6.07, 6.45) is 4.04. The van der Waals surface area contributed by atoms with Crippen LogP contribution in [0.4, 0.5) is 10.2 Å². The van der Waals surface area contributed by atoms with Crippen molar-refractivity contribution in [1.29, 1.82) is 0 Å². The van der Waals surface area contributed by atoms with Crippen molar-refractivity contribution < 1.29 is 4.39 Å². The van der Waals surface area contributed by atoms with Crippen LogP contribution in [-0.4, -0.2) is 4.98 Å². The van der Waals surface area contributed by atoms with Gasteiger partial charge in [0.2, 0.25) is 0 Å². The Morgan fingerprint density at radius 3 is 2.63 bits per heavy atom. The summed E-state index contributed by atoms with van der Waals surface area (Å²) in [5.74, 6) is 0.616. The average Bonchev–Trinajstić information content (AvgIpc) is 2.38. The SMILES string of the molecule is C/C=C/c1cc(C)nc(NCc2ccc(F)cc2)c1.